The second-order valence-corrected chi connectivity index (χ2v) is 5.52. The summed E-state index contributed by atoms with van der Waals surface area (Å²) >= 11 is 0. The maximum Gasteiger partial charge on any atom is 0.274 e. The fourth-order valence-electron chi connectivity index (χ4n) is 2.74. The summed E-state index contributed by atoms with van der Waals surface area (Å²) in [5, 5.41) is 2.87. The number of nitrogens with two attached hydrogens (primary N) is 1. The Morgan fingerprint density at radius 3 is 3.15 bits per heavy atom. The molecule has 3 N–H and O–H groups in total. The van der Waals surface area contributed by atoms with E-state index in [2.05, 4.69) is 20.0 Å². The van der Waals surface area contributed by atoms with Gasteiger partial charge in [0, 0.05) is 25.2 Å². The number of aromatic amines is 1. The second-order valence-electron chi connectivity index (χ2n) is 5.52. The van der Waals surface area contributed by atoms with Crippen LogP contribution in [0.4, 0.5) is 0 Å². The van der Waals surface area contributed by atoms with E-state index in [0.29, 0.717) is 18.1 Å². The van der Waals surface area contributed by atoms with Crippen molar-refractivity contribution in [1.29, 1.82) is 0 Å². The predicted molar refractivity (Wildman–Crippen MR) is 75.4 cm³/mol. The summed E-state index contributed by atoms with van der Waals surface area (Å²) in [7, 11) is 0. The summed E-state index contributed by atoms with van der Waals surface area (Å²) < 4.78 is 1.37. The van der Waals surface area contributed by atoms with E-state index in [1.54, 1.807) is 6.07 Å². The van der Waals surface area contributed by atoms with Gasteiger partial charge in [0.15, 0.2) is 0 Å². The molecule has 1 saturated heterocycles. The number of hydrogen-bond acceptors (Lipinski definition) is 5. The third-order valence-corrected chi connectivity index (χ3v) is 3.67. The van der Waals surface area contributed by atoms with Crippen molar-refractivity contribution in [2.24, 2.45) is 5.73 Å². The Bertz CT molecular complexity index is 660. The molecule has 0 aliphatic carbocycles. The number of nitrogens with zero attached hydrogens (tertiary/aromatic N) is 4. The van der Waals surface area contributed by atoms with Crippen molar-refractivity contribution in [2.45, 2.75) is 38.8 Å². The summed E-state index contributed by atoms with van der Waals surface area (Å²) in [4.78, 5) is 22.9. The summed E-state index contributed by atoms with van der Waals surface area (Å²) in [6.07, 6.45) is 3.39. The zero-order valence-corrected chi connectivity index (χ0v) is 11.7. The van der Waals surface area contributed by atoms with E-state index < -0.39 is 0 Å². The van der Waals surface area contributed by atoms with E-state index in [4.69, 9.17) is 5.73 Å². The van der Waals surface area contributed by atoms with Crippen LogP contribution < -0.4 is 11.3 Å². The molecule has 20 heavy (non-hydrogen) atoms. The molecule has 2 aromatic heterocycles. The van der Waals surface area contributed by atoms with Gasteiger partial charge in [-0.15, -0.1) is 0 Å². The van der Waals surface area contributed by atoms with Crippen LogP contribution in [0.2, 0.25) is 0 Å². The van der Waals surface area contributed by atoms with Gasteiger partial charge in [0.05, 0.1) is 5.69 Å². The van der Waals surface area contributed by atoms with Crippen molar-refractivity contribution in [3.63, 3.8) is 0 Å². The van der Waals surface area contributed by atoms with Crippen molar-refractivity contribution in [3.05, 3.63) is 27.9 Å². The lowest BCUT2D eigenvalue weighted by Gasteiger charge is -2.21. The smallest absolute Gasteiger partial charge is 0.274 e. The first-order valence-electron chi connectivity index (χ1n) is 7.05. The molecule has 1 fully saturated rings. The quantitative estimate of drug-likeness (QED) is 0.808. The van der Waals surface area contributed by atoms with Crippen molar-refractivity contribution in [2.75, 3.05) is 13.1 Å². The number of hydrogen-bond donors (Lipinski definition) is 2. The van der Waals surface area contributed by atoms with E-state index >= 15 is 0 Å². The highest BCUT2D eigenvalue weighted by atomic mass is 16.1. The van der Waals surface area contributed by atoms with Gasteiger partial charge in [0.25, 0.3) is 11.3 Å². The minimum absolute atomic E-state index is 0.121. The van der Waals surface area contributed by atoms with Crippen LogP contribution in [-0.4, -0.2) is 43.6 Å². The van der Waals surface area contributed by atoms with Crippen LogP contribution in [0.1, 0.15) is 30.8 Å². The molecule has 1 aliphatic rings. The lowest BCUT2D eigenvalue weighted by molar-refractivity contribution is 0.262. The molecule has 0 unspecified atom stereocenters. The van der Waals surface area contributed by atoms with Gasteiger partial charge < -0.3 is 5.73 Å². The highest BCUT2D eigenvalue weighted by Gasteiger charge is 2.16. The molecule has 2 aromatic rings. The number of fused-ring (bicyclic) bond motifs is 1. The minimum atomic E-state index is -0.121. The Morgan fingerprint density at radius 1 is 1.45 bits per heavy atom. The Hall–Kier alpha value is -1.73. The molecule has 1 aliphatic heterocycles. The molecule has 0 bridgehead atoms. The standard InChI is InChI=1S/C13H20N6O/c1-9-15-13-16-11(6-12(20)19(13)17-9)8-18-5-3-2-4-10(14)7-18/h6,10H,2-5,7-8,14H2,1H3,(H,15,16,17)/t10-/m0/s1. The molecule has 108 valence electrons. The first-order valence-corrected chi connectivity index (χ1v) is 7.05. The number of likely N-dealkylation sites (tertiary alicyclic amines) is 1. The fraction of sp³-hybridized carbons (Fsp3) is 0.615. The third-order valence-electron chi connectivity index (χ3n) is 3.67. The van der Waals surface area contributed by atoms with Gasteiger partial charge >= 0.3 is 0 Å². The summed E-state index contributed by atoms with van der Waals surface area (Å²) in [6, 6.07) is 1.79. The molecule has 0 saturated carbocycles. The van der Waals surface area contributed by atoms with Gasteiger partial charge in [0.1, 0.15) is 5.82 Å². The topological polar surface area (TPSA) is 92.3 Å². The number of H-pyrrole nitrogens is 1. The molecular weight excluding hydrogens is 256 g/mol. The van der Waals surface area contributed by atoms with Gasteiger partial charge in [-0.05, 0) is 26.3 Å². The minimum Gasteiger partial charge on any atom is -0.327 e. The van der Waals surface area contributed by atoms with E-state index in [9.17, 15) is 4.79 Å². The predicted octanol–water partition coefficient (Wildman–Crippen LogP) is 0.0392. The Balaban J connectivity index is 1.84. The van der Waals surface area contributed by atoms with E-state index in [1.807, 2.05) is 6.92 Å². The molecule has 3 rings (SSSR count). The molecule has 7 heteroatoms. The monoisotopic (exact) mass is 276 g/mol. The van der Waals surface area contributed by atoms with Gasteiger partial charge in [-0.25, -0.2) is 4.98 Å². The van der Waals surface area contributed by atoms with Crippen LogP contribution in [0.25, 0.3) is 5.78 Å². The highest BCUT2D eigenvalue weighted by Crippen LogP contribution is 2.11. The zero-order chi connectivity index (χ0) is 14.1. The Kier molecular flexibility index (Phi) is 3.54. The van der Waals surface area contributed by atoms with Crippen LogP contribution >= 0.6 is 0 Å². The van der Waals surface area contributed by atoms with E-state index in [1.165, 1.54) is 10.9 Å². The highest BCUT2D eigenvalue weighted by molar-refractivity contribution is 5.27. The van der Waals surface area contributed by atoms with Crippen LogP contribution in [-0.2, 0) is 6.54 Å². The number of aryl methyl sites for hydroxylation is 1. The van der Waals surface area contributed by atoms with Crippen LogP contribution in [0.3, 0.4) is 0 Å². The lowest BCUT2D eigenvalue weighted by atomic mass is 10.2. The first kappa shape index (κ1) is 13.3. The molecule has 0 aromatic carbocycles. The van der Waals surface area contributed by atoms with Crippen LogP contribution in [0.15, 0.2) is 10.9 Å². The van der Waals surface area contributed by atoms with Crippen LogP contribution in [0, 0.1) is 6.92 Å². The van der Waals surface area contributed by atoms with Crippen LogP contribution in [0.5, 0.6) is 0 Å². The normalized spacial score (nSPS) is 21.2. The summed E-state index contributed by atoms with van der Waals surface area (Å²) in [5.74, 6) is 1.12. The molecule has 0 spiro atoms. The molecule has 7 nitrogen and oxygen atoms in total. The Morgan fingerprint density at radius 2 is 2.30 bits per heavy atom. The Labute approximate surface area is 116 Å². The maximum absolute atomic E-state index is 12.0. The largest absolute Gasteiger partial charge is 0.327 e. The molecular formula is C13H20N6O. The third kappa shape index (κ3) is 2.73. The van der Waals surface area contributed by atoms with E-state index in [-0.39, 0.29) is 11.6 Å². The SMILES string of the molecule is Cc1nc2nc(CN3CCCC[C@H](N)C3)cc(=O)n2[nH]1. The average molecular weight is 276 g/mol. The maximum atomic E-state index is 12.0. The zero-order valence-electron chi connectivity index (χ0n) is 11.7. The number of rotatable bonds is 2. The van der Waals surface area contributed by atoms with Crippen molar-refractivity contribution < 1.29 is 0 Å². The average Bonchev–Trinajstić information content (AvgIpc) is 2.63. The summed E-state index contributed by atoms with van der Waals surface area (Å²) in [6.45, 7) is 4.34. The fourth-order valence-corrected chi connectivity index (χ4v) is 2.74. The van der Waals surface area contributed by atoms with Gasteiger partial charge in [0.2, 0.25) is 0 Å². The van der Waals surface area contributed by atoms with Crippen molar-refractivity contribution in [3.8, 4) is 0 Å². The van der Waals surface area contributed by atoms with Gasteiger partial charge in [-0.3, -0.25) is 14.8 Å². The summed E-state index contributed by atoms with van der Waals surface area (Å²) in [5.41, 5.74) is 6.70. The number of aromatic nitrogens is 4. The first-order chi connectivity index (χ1) is 9.61. The van der Waals surface area contributed by atoms with Crippen molar-refractivity contribution >= 4 is 5.78 Å². The molecule has 3 heterocycles. The second kappa shape index (κ2) is 5.34. The van der Waals surface area contributed by atoms with Crippen molar-refractivity contribution in [1.82, 2.24) is 24.5 Å². The molecule has 1 atom stereocenters. The van der Waals surface area contributed by atoms with Gasteiger partial charge in [-0.2, -0.15) is 9.50 Å². The molecule has 0 amide bonds. The van der Waals surface area contributed by atoms with E-state index in [0.717, 1.165) is 31.6 Å². The van der Waals surface area contributed by atoms with Gasteiger partial charge in [-0.1, -0.05) is 6.42 Å². The lowest BCUT2D eigenvalue weighted by Crippen LogP contribution is -2.35. The molecule has 0 radical (unpaired) electrons. The number of nitrogens with one attached hydrogen (secondary N) is 1.